The summed E-state index contributed by atoms with van der Waals surface area (Å²) in [5, 5.41) is 11.6. The van der Waals surface area contributed by atoms with Crippen LogP contribution in [0.1, 0.15) is 27.0 Å². The average Bonchev–Trinajstić information content (AvgIpc) is 3.08. The number of fused-ring (bicyclic) bond motifs is 1. The molecule has 164 valence electrons. The van der Waals surface area contributed by atoms with Crippen molar-refractivity contribution < 1.29 is 18.7 Å². The number of carboxylic acid groups (broad SMARTS) is 1. The van der Waals surface area contributed by atoms with Gasteiger partial charge < -0.3 is 9.66 Å². The minimum Gasteiger partial charge on any atom is -0.755 e. The highest BCUT2D eigenvalue weighted by atomic mass is 35.5. The number of aryl methyl sites for hydroxylation is 3. The van der Waals surface area contributed by atoms with Crippen LogP contribution in [0.2, 0.25) is 5.02 Å². The molecule has 4 rings (SSSR count). The summed E-state index contributed by atoms with van der Waals surface area (Å²) >= 11 is 4.99. The van der Waals surface area contributed by atoms with Crippen LogP contribution in [0.15, 0.2) is 66.7 Å². The highest BCUT2D eigenvalue weighted by Gasteiger charge is 2.21. The van der Waals surface area contributed by atoms with Gasteiger partial charge in [-0.1, -0.05) is 48.0 Å². The van der Waals surface area contributed by atoms with Crippen LogP contribution in [0.5, 0.6) is 0 Å². The highest BCUT2D eigenvalue weighted by Crippen LogP contribution is 2.43. The third-order valence-electron chi connectivity index (χ3n) is 5.33. The SMILES string of the molecule is Cc1c(N(c2ccccc2CCc2ccccc2C(=O)O)S(=O)[O-])sc2ccc(Cl)cc12. The van der Waals surface area contributed by atoms with E-state index in [9.17, 15) is 18.7 Å². The molecule has 0 fully saturated rings. The molecule has 0 bridgehead atoms. The van der Waals surface area contributed by atoms with E-state index in [1.807, 2.05) is 31.2 Å². The van der Waals surface area contributed by atoms with Crippen molar-refractivity contribution in [3.63, 3.8) is 0 Å². The predicted octanol–water partition coefficient (Wildman–Crippen LogP) is 6.28. The van der Waals surface area contributed by atoms with Crippen molar-refractivity contribution in [3.05, 3.63) is 94.0 Å². The Balaban J connectivity index is 1.74. The predicted molar refractivity (Wildman–Crippen MR) is 130 cm³/mol. The second-order valence-electron chi connectivity index (χ2n) is 7.28. The van der Waals surface area contributed by atoms with E-state index in [0.29, 0.717) is 34.1 Å². The number of para-hydroxylation sites is 1. The first kappa shape index (κ1) is 22.5. The van der Waals surface area contributed by atoms with Crippen LogP contribution in [0, 0.1) is 6.92 Å². The van der Waals surface area contributed by atoms with E-state index < -0.39 is 17.2 Å². The lowest BCUT2D eigenvalue weighted by Gasteiger charge is -2.28. The van der Waals surface area contributed by atoms with Crippen molar-refractivity contribution in [1.82, 2.24) is 0 Å². The summed E-state index contributed by atoms with van der Waals surface area (Å²) in [5.41, 5.74) is 3.16. The Morgan fingerprint density at radius 1 is 1.06 bits per heavy atom. The van der Waals surface area contributed by atoms with E-state index in [2.05, 4.69) is 0 Å². The molecule has 1 unspecified atom stereocenters. The molecule has 0 saturated carbocycles. The van der Waals surface area contributed by atoms with E-state index in [1.54, 1.807) is 42.5 Å². The molecule has 32 heavy (non-hydrogen) atoms. The van der Waals surface area contributed by atoms with Gasteiger partial charge in [0, 0.05) is 9.72 Å². The third-order valence-corrected chi connectivity index (χ3v) is 7.61. The van der Waals surface area contributed by atoms with Crippen molar-refractivity contribution in [2.24, 2.45) is 0 Å². The van der Waals surface area contributed by atoms with E-state index in [1.165, 1.54) is 15.6 Å². The summed E-state index contributed by atoms with van der Waals surface area (Å²) < 4.78 is 27.1. The number of halogens is 1. The number of anilines is 2. The van der Waals surface area contributed by atoms with Crippen LogP contribution in [-0.4, -0.2) is 19.8 Å². The van der Waals surface area contributed by atoms with Crippen LogP contribution in [-0.2, 0) is 24.1 Å². The maximum Gasteiger partial charge on any atom is 0.335 e. The van der Waals surface area contributed by atoms with Crippen molar-refractivity contribution in [3.8, 4) is 0 Å². The Kier molecular flexibility index (Phi) is 6.62. The molecule has 0 aliphatic carbocycles. The van der Waals surface area contributed by atoms with Crippen molar-refractivity contribution in [2.45, 2.75) is 19.8 Å². The number of aromatic carboxylic acids is 1. The largest absolute Gasteiger partial charge is 0.755 e. The maximum absolute atomic E-state index is 12.4. The van der Waals surface area contributed by atoms with E-state index >= 15 is 0 Å². The Labute approximate surface area is 197 Å². The van der Waals surface area contributed by atoms with Gasteiger partial charge in [-0.3, -0.25) is 8.51 Å². The van der Waals surface area contributed by atoms with E-state index in [-0.39, 0.29) is 5.56 Å². The van der Waals surface area contributed by atoms with Crippen molar-refractivity contribution >= 4 is 60.9 Å². The van der Waals surface area contributed by atoms with Crippen molar-refractivity contribution in [1.29, 1.82) is 0 Å². The summed E-state index contributed by atoms with van der Waals surface area (Å²) in [6.07, 6.45) is 0.962. The van der Waals surface area contributed by atoms with Gasteiger partial charge in [0.25, 0.3) is 0 Å². The van der Waals surface area contributed by atoms with Gasteiger partial charge in [0.1, 0.15) is 5.00 Å². The number of rotatable bonds is 7. The van der Waals surface area contributed by atoms with Gasteiger partial charge in [0.05, 0.1) is 22.5 Å². The van der Waals surface area contributed by atoms with Crippen LogP contribution < -0.4 is 4.31 Å². The molecule has 0 spiro atoms. The molecular weight excluding hydrogens is 466 g/mol. The quantitative estimate of drug-likeness (QED) is 0.313. The zero-order chi connectivity index (χ0) is 22.8. The molecule has 1 aromatic heterocycles. The van der Waals surface area contributed by atoms with Crippen LogP contribution in [0.3, 0.4) is 0 Å². The Morgan fingerprint density at radius 3 is 2.44 bits per heavy atom. The fourth-order valence-corrected chi connectivity index (χ4v) is 5.96. The van der Waals surface area contributed by atoms with Gasteiger partial charge in [-0.2, -0.15) is 0 Å². The molecule has 0 amide bonds. The summed E-state index contributed by atoms with van der Waals surface area (Å²) in [5.74, 6) is -0.976. The molecule has 1 N–H and O–H groups in total. The molecule has 8 heteroatoms. The second-order valence-corrected chi connectivity index (χ2v) is 9.54. The number of carboxylic acids is 1. The fraction of sp³-hybridized carbons (Fsp3) is 0.125. The highest BCUT2D eigenvalue weighted by molar-refractivity contribution is 7.81. The molecule has 1 atom stereocenters. The topological polar surface area (TPSA) is 80.7 Å². The van der Waals surface area contributed by atoms with Crippen LogP contribution in [0.4, 0.5) is 10.7 Å². The molecule has 0 radical (unpaired) electrons. The summed E-state index contributed by atoms with van der Waals surface area (Å²) in [4.78, 5) is 11.5. The smallest absolute Gasteiger partial charge is 0.335 e. The molecular formula is C24H19ClNO4S2-. The minimum absolute atomic E-state index is 0.256. The molecule has 3 aromatic carbocycles. The first-order chi connectivity index (χ1) is 15.4. The Bertz CT molecular complexity index is 1330. The Hall–Kier alpha value is -2.71. The van der Waals surface area contributed by atoms with Gasteiger partial charge in [-0.15, -0.1) is 11.3 Å². The molecule has 5 nitrogen and oxygen atoms in total. The molecule has 0 aliphatic heterocycles. The summed E-state index contributed by atoms with van der Waals surface area (Å²) in [7, 11) is 0. The van der Waals surface area contributed by atoms with Crippen LogP contribution >= 0.6 is 22.9 Å². The van der Waals surface area contributed by atoms with Gasteiger partial charge in [0.2, 0.25) is 0 Å². The summed E-state index contributed by atoms with van der Waals surface area (Å²) in [6.45, 7) is 1.88. The lowest BCUT2D eigenvalue weighted by atomic mass is 9.99. The number of carbonyl (C=O) groups is 1. The number of thiophene rings is 1. The van der Waals surface area contributed by atoms with Gasteiger partial charge >= 0.3 is 5.97 Å². The number of hydrogen-bond donors (Lipinski definition) is 1. The van der Waals surface area contributed by atoms with Crippen molar-refractivity contribution in [2.75, 3.05) is 4.31 Å². The standard InChI is InChI=1S/C24H20ClNO4S2/c1-15-20-14-18(25)12-13-22(20)31-23(15)26(32(29)30)21-9-5-3-7-17(21)11-10-16-6-2-4-8-19(16)24(27)28/h2-9,12-14H,10-11H2,1H3,(H,27,28)(H,29,30)/p-1. The molecule has 1 heterocycles. The van der Waals surface area contributed by atoms with Crippen LogP contribution in [0.25, 0.3) is 10.1 Å². The normalized spacial score (nSPS) is 12.1. The van der Waals surface area contributed by atoms with Gasteiger partial charge in [-0.05, 0) is 72.2 Å². The number of benzene rings is 3. The average molecular weight is 485 g/mol. The number of nitrogens with zero attached hydrogens (tertiary/aromatic N) is 1. The van der Waals surface area contributed by atoms with E-state index in [4.69, 9.17) is 11.6 Å². The lowest BCUT2D eigenvalue weighted by molar-refractivity contribution is 0.0695. The Morgan fingerprint density at radius 2 is 1.72 bits per heavy atom. The van der Waals surface area contributed by atoms with Gasteiger partial charge in [0.15, 0.2) is 0 Å². The minimum atomic E-state index is -2.55. The lowest BCUT2D eigenvalue weighted by Crippen LogP contribution is -2.20. The molecule has 4 aromatic rings. The van der Waals surface area contributed by atoms with Gasteiger partial charge in [-0.25, -0.2) is 4.79 Å². The molecule has 0 saturated heterocycles. The van der Waals surface area contributed by atoms with E-state index in [0.717, 1.165) is 21.2 Å². The zero-order valence-corrected chi connectivity index (χ0v) is 19.5. The fourth-order valence-electron chi connectivity index (χ4n) is 3.77. The second kappa shape index (κ2) is 9.42. The third kappa shape index (κ3) is 4.42. The maximum atomic E-state index is 12.4. The zero-order valence-electron chi connectivity index (χ0n) is 17.1. The number of hydrogen-bond acceptors (Lipinski definition) is 4. The summed E-state index contributed by atoms with van der Waals surface area (Å²) in [6, 6.07) is 19.7. The monoisotopic (exact) mass is 484 g/mol. The first-order valence-corrected chi connectivity index (χ1v) is 12.1. The molecule has 0 aliphatic rings. The first-order valence-electron chi connectivity index (χ1n) is 9.84.